The highest BCUT2D eigenvalue weighted by molar-refractivity contribution is 5.40. The Morgan fingerprint density at radius 1 is 1.20 bits per heavy atom. The Morgan fingerprint density at radius 2 is 1.75 bits per heavy atom. The van der Waals surface area contributed by atoms with Crippen LogP contribution >= 0.6 is 0 Å². The van der Waals surface area contributed by atoms with Gasteiger partial charge in [0.05, 0.1) is 11.2 Å². The highest BCUT2D eigenvalue weighted by Gasteiger charge is 2.53. The van der Waals surface area contributed by atoms with Gasteiger partial charge in [-0.05, 0) is 56.3 Å². The van der Waals surface area contributed by atoms with Crippen molar-refractivity contribution in [3.05, 3.63) is 11.8 Å². The third kappa shape index (κ3) is 1.73. The zero-order chi connectivity index (χ0) is 13.9. The first-order valence-corrected chi connectivity index (χ1v) is 8.06. The number of anilines is 1. The molecule has 1 heterocycles. The van der Waals surface area contributed by atoms with Crippen LogP contribution in [0.15, 0.2) is 6.07 Å². The maximum absolute atomic E-state index is 5.83. The van der Waals surface area contributed by atoms with E-state index in [0.29, 0.717) is 12.1 Å². The van der Waals surface area contributed by atoms with E-state index in [0.717, 1.165) is 23.4 Å². The molecule has 0 spiro atoms. The summed E-state index contributed by atoms with van der Waals surface area (Å²) in [5.41, 5.74) is 7.15. The summed E-state index contributed by atoms with van der Waals surface area (Å²) in [4.78, 5) is 2.20. The minimum atomic E-state index is 0.293. The lowest BCUT2D eigenvalue weighted by molar-refractivity contribution is -0.0486. The first kappa shape index (κ1) is 12.7. The largest absolute Gasteiger partial charge is 0.363 e. The van der Waals surface area contributed by atoms with Crippen molar-refractivity contribution in [2.24, 2.45) is 23.5 Å². The predicted octanol–water partition coefficient (Wildman–Crippen LogP) is 2.33. The Morgan fingerprint density at radius 3 is 2.20 bits per heavy atom. The average Bonchev–Trinajstić information content (AvgIpc) is 2.82. The van der Waals surface area contributed by atoms with Gasteiger partial charge in [-0.2, -0.15) is 5.10 Å². The predicted molar refractivity (Wildman–Crippen MR) is 80.6 cm³/mol. The van der Waals surface area contributed by atoms with Crippen LogP contribution in [0.1, 0.15) is 44.2 Å². The summed E-state index contributed by atoms with van der Waals surface area (Å²) >= 11 is 0. The van der Waals surface area contributed by atoms with Gasteiger partial charge < -0.3 is 10.6 Å². The number of nitrogens with zero attached hydrogens (tertiary/aromatic N) is 3. The van der Waals surface area contributed by atoms with Gasteiger partial charge in [-0.15, -0.1) is 0 Å². The zero-order valence-corrected chi connectivity index (χ0v) is 12.7. The summed E-state index contributed by atoms with van der Waals surface area (Å²) < 4.78 is 2.36. The molecule has 0 radical (unpaired) electrons. The third-order valence-electron chi connectivity index (χ3n) is 5.86. The Bertz CT molecular complexity index is 481. The summed E-state index contributed by atoms with van der Waals surface area (Å²) in [7, 11) is 4.24. The molecule has 4 saturated carbocycles. The van der Waals surface area contributed by atoms with Gasteiger partial charge in [-0.25, -0.2) is 4.68 Å². The van der Waals surface area contributed by atoms with Crippen molar-refractivity contribution >= 4 is 5.82 Å². The van der Waals surface area contributed by atoms with Gasteiger partial charge in [0.2, 0.25) is 0 Å². The second-order valence-corrected chi connectivity index (χ2v) is 7.65. The molecule has 0 saturated heterocycles. The van der Waals surface area contributed by atoms with Crippen molar-refractivity contribution in [3.8, 4) is 0 Å². The second-order valence-electron chi connectivity index (χ2n) is 7.65. The van der Waals surface area contributed by atoms with E-state index in [9.17, 15) is 0 Å². The van der Waals surface area contributed by atoms with Gasteiger partial charge >= 0.3 is 0 Å². The van der Waals surface area contributed by atoms with Crippen molar-refractivity contribution in [3.63, 3.8) is 0 Å². The summed E-state index contributed by atoms with van der Waals surface area (Å²) in [6.45, 7) is 0.542. The number of rotatable bonds is 3. The van der Waals surface area contributed by atoms with Crippen molar-refractivity contribution < 1.29 is 0 Å². The first-order chi connectivity index (χ1) is 9.59. The SMILES string of the molecule is CN(C)c1cc(CN)nn1C12CC3CC(CC(C3)C1)C2. The van der Waals surface area contributed by atoms with Crippen molar-refractivity contribution in [1.29, 1.82) is 0 Å². The molecule has 4 fully saturated rings. The van der Waals surface area contributed by atoms with Gasteiger partial charge in [-0.3, -0.25) is 0 Å². The standard InChI is InChI=1S/C16H26N4/c1-19(2)15-6-14(10-17)18-20(15)16-7-11-3-12(8-16)5-13(4-11)9-16/h6,11-13H,3-5,7-10,17H2,1-2H3. The third-order valence-corrected chi connectivity index (χ3v) is 5.86. The van der Waals surface area contributed by atoms with Crippen molar-refractivity contribution in [2.75, 3.05) is 19.0 Å². The van der Waals surface area contributed by atoms with E-state index in [2.05, 4.69) is 29.7 Å². The summed E-state index contributed by atoms with van der Waals surface area (Å²) in [6.07, 6.45) is 8.44. The second kappa shape index (κ2) is 4.23. The molecule has 0 aromatic carbocycles. The lowest BCUT2D eigenvalue weighted by atomic mass is 9.53. The molecule has 20 heavy (non-hydrogen) atoms. The Kier molecular flexibility index (Phi) is 2.69. The van der Waals surface area contributed by atoms with E-state index in [4.69, 9.17) is 10.8 Å². The normalized spacial score (nSPS) is 38.5. The van der Waals surface area contributed by atoms with Crippen LogP contribution in [0.2, 0.25) is 0 Å². The molecule has 0 unspecified atom stereocenters. The minimum Gasteiger partial charge on any atom is -0.363 e. The van der Waals surface area contributed by atoms with Crippen LogP contribution in [0.3, 0.4) is 0 Å². The quantitative estimate of drug-likeness (QED) is 0.920. The van der Waals surface area contributed by atoms with Gasteiger partial charge in [0.1, 0.15) is 5.82 Å². The molecule has 110 valence electrons. The van der Waals surface area contributed by atoms with E-state index < -0.39 is 0 Å². The Labute approximate surface area is 121 Å². The Hall–Kier alpha value is -1.03. The smallest absolute Gasteiger partial charge is 0.127 e. The number of nitrogens with two attached hydrogens (primary N) is 1. The molecule has 0 atom stereocenters. The molecule has 4 aliphatic carbocycles. The van der Waals surface area contributed by atoms with Crippen LogP contribution in [-0.4, -0.2) is 23.9 Å². The van der Waals surface area contributed by atoms with E-state index in [-0.39, 0.29) is 0 Å². The fourth-order valence-electron chi connectivity index (χ4n) is 5.51. The first-order valence-electron chi connectivity index (χ1n) is 8.06. The highest BCUT2D eigenvalue weighted by Crippen LogP contribution is 2.59. The van der Waals surface area contributed by atoms with Crippen molar-refractivity contribution in [2.45, 2.75) is 50.6 Å². The molecule has 4 bridgehead atoms. The zero-order valence-electron chi connectivity index (χ0n) is 12.7. The molecule has 0 amide bonds. The van der Waals surface area contributed by atoms with Gasteiger partial charge in [0, 0.05) is 26.7 Å². The topological polar surface area (TPSA) is 47.1 Å². The fourth-order valence-corrected chi connectivity index (χ4v) is 5.51. The maximum Gasteiger partial charge on any atom is 0.127 e. The molecular weight excluding hydrogens is 248 g/mol. The average molecular weight is 274 g/mol. The Balaban J connectivity index is 1.78. The number of hydrogen-bond donors (Lipinski definition) is 1. The molecular formula is C16H26N4. The monoisotopic (exact) mass is 274 g/mol. The summed E-state index contributed by atoms with van der Waals surface area (Å²) in [6, 6.07) is 2.18. The molecule has 2 N–H and O–H groups in total. The van der Waals surface area contributed by atoms with Gasteiger partial charge in [0.15, 0.2) is 0 Å². The summed E-state index contributed by atoms with van der Waals surface area (Å²) in [5, 5.41) is 4.89. The maximum atomic E-state index is 5.83. The van der Waals surface area contributed by atoms with Gasteiger partial charge in [0.25, 0.3) is 0 Å². The molecule has 4 nitrogen and oxygen atoms in total. The van der Waals surface area contributed by atoms with E-state index in [1.165, 1.54) is 44.3 Å². The van der Waals surface area contributed by atoms with Crippen LogP contribution < -0.4 is 10.6 Å². The minimum absolute atomic E-state index is 0.293. The highest BCUT2D eigenvalue weighted by atomic mass is 15.4. The van der Waals surface area contributed by atoms with Gasteiger partial charge in [-0.1, -0.05) is 0 Å². The molecule has 4 heteroatoms. The molecule has 4 aliphatic rings. The lowest BCUT2D eigenvalue weighted by Gasteiger charge is -2.57. The van der Waals surface area contributed by atoms with Crippen LogP contribution in [0.5, 0.6) is 0 Å². The van der Waals surface area contributed by atoms with E-state index in [1.54, 1.807) is 0 Å². The molecule has 1 aromatic rings. The summed E-state index contributed by atoms with van der Waals surface area (Å²) in [5.74, 6) is 4.08. The van der Waals surface area contributed by atoms with Crippen molar-refractivity contribution in [1.82, 2.24) is 9.78 Å². The van der Waals surface area contributed by atoms with Crippen LogP contribution in [0, 0.1) is 17.8 Å². The molecule has 1 aromatic heterocycles. The van der Waals surface area contributed by atoms with E-state index in [1.807, 2.05) is 0 Å². The van der Waals surface area contributed by atoms with Crippen LogP contribution in [0.4, 0.5) is 5.82 Å². The van der Waals surface area contributed by atoms with Crippen LogP contribution in [0.25, 0.3) is 0 Å². The van der Waals surface area contributed by atoms with Crippen LogP contribution in [-0.2, 0) is 12.1 Å². The lowest BCUT2D eigenvalue weighted by Crippen LogP contribution is -2.52. The number of hydrogen-bond acceptors (Lipinski definition) is 3. The van der Waals surface area contributed by atoms with E-state index >= 15 is 0 Å². The molecule has 0 aliphatic heterocycles. The molecule has 5 rings (SSSR count). The number of aromatic nitrogens is 2. The fraction of sp³-hybridized carbons (Fsp3) is 0.812.